The normalized spacial score (nSPS) is 20.8. The van der Waals surface area contributed by atoms with Gasteiger partial charge in [0.1, 0.15) is 24.2 Å². The number of nitrogens with one attached hydrogen (secondary N) is 2. The smallest absolute Gasteiger partial charge is 0.257 e. The summed E-state index contributed by atoms with van der Waals surface area (Å²) >= 11 is 0. The van der Waals surface area contributed by atoms with Gasteiger partial charge in [-0.3, -0.25) is 14.4 Å². The Morgan fingerprint density at radius 1 is 1.05 bits per heavy atom. The van der Waals surface area contributed by atoms with Crippen molar-refractivity contribution in [1.82, 2.24) is 10.2 Å². The summed E-state index contributed by atoms with van der Waals surface area (Å²) in [5, 5.41) is 5.90. The molecule has 9 heteroatoms. The lowest BCUT2D eigenvalue weighted by Crippen LogP contribution is -2.54. The highest BCUT2D eigenvalue weighted by Crippen LogP contribution is 2.33. The zero-order valence-electron chi connectivity index (χ0n) is 23.5. The molecule has 1 saturated heterocycles. The number of methoxy groups -OCH3 is 1. The predicted molar refractivity (Wildman–Crippen MR) is 154 cm³/mol. The highest BCUT2D eigenvalue weighted by molar-refractivity contribution is 6.05. The Bertz CT molecular complexity index is 1410. The molecule has 2 heterocycles. The Morgan fingerprint density at radius 2 is 1.85 bits per heavy atom. The number of amides is 3. The minimum absolute atomic E-state index is 0.0742. The van der Waals surface area contributed by atoms with Gasteiger partial charge < -0.3 is 29.7 Å². The predicted octanol–water partition coefficient (Wildman–Crippen LogP) is 4.60. The zero-order valence-corrected chi connectivity index (χ0v) is 23.5. The van der Waals surface area contributed by atoms with E-state index in [-0.39, 0.29) is 55.0 Å². The van der Waals surface area contributed by atoms with Gasteiger partial charge in [0.15, 0.2) is 0 Å². The molecule has 4 atom stereocenters. The van der Waals surface area contributed by atoms with Gasteiger partial charge in [-0.05, 0) is 61.7 Å². The molecule has 2 aliphatic rings. The third kappa shape index (κ3) is 6.52. The number of likely N-dealkylation sites (N-methyl/N-ethyl adjacent to an activating group) is 1. The van der Waals surface area contributed by atoms with Gasteiger partial charge in [0.2, 0.25) is 5.91 Å². The van der Waals surface area contributed by atoms with Crippen LogP contribution in [0.4, 0.5) is 5.69 Å². The summed E-state index contributed by atoms with van der Waals surface area (Å²) in [6.07, 6.45) is 0.937. The van der Waals surface area contributed by atoms with E-state index in [1.165, 1.54) is 0 Å². The summed E-state index contributed by atoms with van der Waals surface area (Å²) in [4.78, 5) is 40.8. The van der Waals surface area contributed by atoms with Crippen LogP contribution in [0.5, 0.6) is 11.5 Å². The second kappa shape index (κ2) is 12.4. The summed E-state index contributed by atoms with van der Waals surface area (Å²) in [6.45, 7) is 2.20. The van der Waals surface area contributed by atoms with Crippen LogP contribution in [-0.2, 0) is 9.53 Å². The van der Waals surface area contributed by atoms with Crippen LogP contribution in [0.25, 0.3) is 0 Å². The van der Waals surface area contributed by atoms with Gasteiger partial charge in [-0.15, -0.1) is 0 Å². The molecular formula is C32H35N3O6. The number of carbonyl (C=O) groups is 3. The molecule has 0 aromatic heterocycles. The first-order chi connectivity index (χ1) is 19.8. The van der Waals surface area contributed by atoms with Crippen molar-refractivity contribution < 1.29 is 28.6 Å². The molecule has 3 amide bonds. The van der Waals surface area contributed by atoms with Gasteiger partial charge in [-0.2, -0.15) is 0 Å². The first-order valence-electron chi connectivity index (χ1n) is 13.8. The summed E-state index contributed by atoms with van der Waals surface area (Å²) < 4.78 is 17.6. The quantitative estimate of drug-likeness (QED) is 0.440. The Balaban J connectivity index is 1.23. The highest BCUT2D eigenvalue weighted by Gasteiger charge is 2.39. The number of carbonyl (C=O) groups excluding carboxylic acids is 3. The van der Waals surface area contributed by atoms with Gasteiger partial charge in [0, 0.05) is 18.3 Å². The van der Waals surface area contributed by atoms with E-state index in [2.05, 4.69) is 10.6 Å². The van der Waals surface area contributed by atoms with Crippen molar-refractivity contribution in [1.29, 1.82) is 0 Å². The van der Waals surface area contributed by atoms with Crippen molar-refractivity contribution in [3.8, 4) is 11.5 Å². The molecule has 3 aromatic carbocycles. The molecule has 9 nitrogen and oxygen atoms in total. The van der Waals surface area contributed by atoms with Crippen LogP contribution in [0, 0.1) is 0 Å². The second-order valence-electron chi connectivity index (χ2n) is 10.5. The lowest BCUT2D eigenvalue weighted by atomic mass is 9.94. The number of rotatable bonds is 7. The average molecular weight is 558 g/mol. The van der Waals surface area contributed by atoms with Crippen molar-refractivity contribution in [2.75, 3.05) is 26.1 Å². The van der Waals surface area contributed by atoms with Crippen LogP contribution in [0.3, 0.4) is 0 Å². The van der Waals surface area contributed by atoms with Crippen molar-refractivity contribution >= 4 is 23.4 Å². The van der Waals surface area contributed by atoms with Crippen molar-refractivity contribution in [3.63, 3.8) is 0 Å². The molecule has 0 bridgehead atoms. The SMILES string of the molecule is COc1cccc(C(=O)Nc2ccc3c(c2)C(=O)N(C)[C@H]2CC[C@@H](CC(=O)N[C@H](C)c4ccccc4)O[C@@H]2CO3)c1. The van der Waals surface area contributed by atoms with Crippen LogP contribution in [0.15, 0.2) is 72.8 Å². The minimum atomic E-state index is -0.373. The number of fused-ring (bicyclic) bond motifs is 2. The van der Waals surface area contributed by atoms with Crippen LogP contribution < -0.4 is 20.1 Å². The maximum Gasteiger partial charge on any atom is 0.257 e. The molecule has 0 spiro atoms. The van der Waals surface area contributed by atoms with E-state index in [0.29, 0.717) is 41.2 Å². The van der Waals surface area contributed by atoms with Crippen LogP contribution >= 0.6 is 0 Å². The van der Waals surface area contributed by atoms with Crippen LogP contribution in [-0.4, -0.2) is 61.6 Å². The molecule has 2 N–H and O–H groups in total. The van der Waals surface area contributed by atoms with E-state index in [4.69, 9.17) is 14.2 Å². The third-order valence-corrected chi connectivity index (χ3v) is 7.69. The van der Waals surface area contributed by atoms with E-state index >= 15 is 0 Å². The molecule has 0 unspecified atom stereocenters. The number of anilines is 1. The summed E-state index contributed by atoms with van der Waals surface area (Å²) in [5.41, 5.74) is 2.33. The topological polar surface area (TPSA) is 106 Å². The minimum Gasteiger partial charge on any atom is -0.497 e. The molecule has 41 heavy (non-hydrogen) atoms. The fourth-order valence-electron chi connectivity index (χ4n) is 5.41. The second-order valence-corrected chi connectivity index (χ2v) is 10.5. The van der Waals surface area contributed by atoms with Gasteiger partial charge in [0.05, 0.1) is 37.3 Å². The molecule has 3 aromatic rings. The first-order valence-corrected chi connectivity index (χ1v) is 13.8. The zero-order chi connectivity index (χ0) is 28.9. The molecule has 214 valence electrons. The fraction of sp³-hybridized carbons (Fsp3) is 0.344. The van der Waals surface area contributed by atoms with E-state index in [9.17, 15) is 14.4 Å². The summed E-state index contributed by atoms with van der Waals surface area (Å²) in [5.74, 6) is 0.388. The Kier molecular flexibility index (Phi) is 8.54. The van der Waals surface area contributed by atoms with Gasteiger partial charge >= 0.3 is 0 Å². The number of ether oxygens (including phenoxy) is 3. The maximum atomic E-state index is 13.5. The van der Waals surface area contributed by atoms with E-state index in [0.717, 1.165) is 5.56 Å². The standard InChI is InChI=1S/C32H35N3O6/c1-20(21-8-5-4-6-9-21)33-30(36)18-25-13-14-27-29(41-25)19-40-28-15-12-23(17-26(28)32(38)35(27)2)34-31(37)22-10-7-11-24(16-22)39-3/h4-12,15-17,20,25,27,29H,13-14,18-19H2,1-3H3,(H,33,36)(H,34,37)/t20-,25+,27+,29-/m1/s1. The molecule has 1 fully saturated rings. The Hall–Kier alpha value is -4.37. The summed E-state index contributed by atoms with van der Waals surface area (Å²) in [6, 6.07) is 21.4. The highest BCUT2D eigenvalue weighted by atomic mass is 16.5. The average Bonchev–Trinajstić information content (AvgIpc) is 2.99. The molecule has 0 radical (unpaired) electrons. The molecule has 5 rings (SSSR count). The van der Waals surface area contributed by atoms with E-state index in [1.807, 2.05) is 37.3 Å². The van der Waals surface area contributed by atoms with Gasteiger partial charge in [0.25, 0.3) is 11.8 Å². The first kappa shape index (κ1) is 28.2. The maximum absolute atomic E-state index is 13.5. The number of nitrogens with zero attached hydrogens (tertiary/aromatic N) is 1. The monoisotopic (exact) mass is 557 g/mol. The van der Waals surface area contributed by atoms with E-state index in [1.54, 1.807) is 61.5 Å². The summed E-state index contributed by atoms with van der Waals surface area (Å²) in [7, 11) is 3.30. The number of hydrogen-bond donors (Lipinski definition) is 2. The molecular weight excluding hydrogens is 522 g/mol. The van der Waals surface area contributed by atoms with Crippen molar-refractivity contribution in [2.45, 2.75) is 50.5 Å². The fourth-order valence-corrected chi connectivity index (χ4v) is 5.41. The van der Waals surface area contributed by atoms with Gasteiger partial charge in [-0.25, -0.2) is 0 Å². The lowest BCUT2D eigenvalue weighted by Gasteiger charge is -2.42. The number of benzene rings is 3. The Labute approximate surface area is 239 Å². The van der Waals surface area contributed by atoms with Crippen molar-refractivity contribution in [2.24, 2.45) is 0 Å². The van der Waals surface area contributed by atoms with Crippen LogP contribution in [0.1, 0.15) is 58.5 Å². The largest absolute Gasteiger partial charge is 0.497 e. The molecule has 2 aliphatic heterocycles. The lowest BCUT2D eigenvalue weighted by molar-refractivity contribution is -0.134. The third-order valence-electron chi connectivity index (χ3n) is 7.69. The van der Waals surface area contributed by atoms with Crippen molar-refractivity contribution in [3.05, 3.63) is 89.5 Å². The van der Waals surface area contributed by atoms with Crippen LogP contribution in [0.2, 0.25) is 0 Å². The molecule has 0 aliphatic carbocycles. The number of hydrogen-bond acceptors (Lipinski definition) is 6. The van der Waals surface area contributed by atoms with Gasteiger partial charge in [-0.1, -0.05) is 36.4 Å². The Morgan fingerprint density at radius 3 is 2.63 bits per heavy atom. The van der Waals surface area contributed by atoms with E-state index < -0.39 is 0 Å². The molecule has 0 saturated carbocycles.